The monoisotopic (exact) mass is 213 g/mol. The van der Waals surface area contributed by atoms with Crippen LogP contribution in [0.15, 0.2) is 4.79 Å². The van der Waals surface area contributed by atoms with Crippen LogP contribution in [0.25, 0.3) is 0 Å². The normalized spacial score (nSPS) is 9.87. The van der Waals surface area contributed by atoms with E-state index in [2.05, 4.69) is 20.3 Å². The van der Waals surface area contributed by atoms with Crippen LogP contribution in [-0.2, 0) is 4.79 Å². The molecule has 0 bridgehead atoms. The summed E-state index contributed by atoms with van der Waals surface area (Å²) in [5.41, 5.74) is 4.68. The van der Waals surface area contributed by atoms with E-state index in [1.54, 1.807) is 0 Å². The van der Waals surface area contributed by atoms with Gasteiger partial charge in [-0.25, -0.2) is 4.79 Å². The number of aromatic amines is 1. The van der Waals surface area contributed by atoms with E-state index in [0.717, 1.165) is 0 Å². The molecule has 0 aliphatic carbocycles. The molecule has 0 aliphatic heterocycles. The Kier molecular flexibility index (Phi) is 3.61. The van der Waals surface area contributed by atoms with Gasteiger partial charge in [-0.1, -0.05) is 0 Å². The highest BCUT2D eigenvalue weighted by Crippen LogP contribution is 1.96. The summed E-state index contributed by atoms with van der Waals surface area (Å²) in [4.78, 5) is 30.4. The van der Waals surface area contributed by atoms with Crippen molar-refractivity contribution in [1.82, 2.24) is 15.0 Å². The fourth-order valence-electron chi connectivity index (χ4n) is 0.920. The predicted octanol–water partition coefficient (Wildman–Crippen LogP) is -0.976. The maximum atomic E-state index is 10.8. The molecule has 0 saturated heterocycles. The number of carboxylic acids is 1. The van der Waals surface area contributed by atoms with Crippen LogP contribution in [0.4, 0.5) is 11.9 Å². The summed E-state index contributed by atoms with van der Waals surface area (Å²) in [5.74, 6) is -0.805. The summed E-state index contributed by atoms with van der Waals surface area (Å²) in [6, 6.07) is 0. The van der Waals surface area contributed by atoms with Crippen molar-refractivity contribution in [2.24, 2.45) is 0 Å². The quantitative estimate of drug-likeness (QED) is 0.462. The van der Waals surface area contributed by atoms with Crippen LogP contribution in [0.1, 0.15) is 12.8 Å². The van der Waals surface area contributed by atoms with Crippen LogP contribution in [0.3, 0.4) is 0 Å². The third-order valence-corrected chi connectivity index (χ3v) is 1.52. The number of carboxylic acid groups (broad SMARTS) is 1. The zero-order chi connectivity index (χ0) is 11.3. The molecule has 0 amide bonds. The molecule has 1 rings (SSSR count). The predicted molar refractivity (Wildman–Crippen MR) is 52.4 cm³/mol. The third kappa shape index (κ3) is 4.07. The van der Waals surface area contributed by atoms with Crippen LogP contribution >= 0.6 is 0 Å². The zero-order valence-corrected chi connectivity index (χ0v) is 7.86. The number of nitrogen functional groups attached to an aromatic ring is 1. The molecule has 0 spiro atoms. The van der Waals surface area contributed by atoms with Gasteiger partial charge in [0, 0.05) is 13.0 Å². The molecule has 8 heteroatoms. The Morgan fingerprint density at radius 2 is 2.27 bits per heavy atom. The number of hydrogen-bond donors (Lipinski definition) is 4. The number of aromatic nitrogens is 3. The van der Waals surface area contributed by atoms with E-state index in [-0.39, 0.29) is 18.3 Å². The molecule has 0 aliphatic rings. The van der Waals surface area contributed by atoms with E-state index in [1.807, 2.05) is 0 Å². The lowest BCUT2D eigenvalue weighted by atomic mass is 10.3. The van der Waals surface area contributed by atoms with Gasteiger partial charge in [0.1, 0.15) is 0 Å². The molecule has 1 heterocycles. The molecular weight excluding hydrogens is 202 g/mol. The number of rotatable bonds is 5. The Morgan fingerprint density at radius 3 is 2.87 bits per heavy atom. The Labute approximate surface area is 84.6 Å². The van der Waals surface area contributed by atoms with Gasteiger partial charge in [-0.2, -0.15) is 9.97 Å². The lowest BCUT2D eigenvalue weighted by Gasteiger charge is -2.02. The van der Waals surface area contributed by atoms with E-state index in [1.165, 1.54) is 0 Å². The summed E-state index contributed by atoms with van der Waals surface area (Å²) in [7, 11) is 0. The summed E-state index contributed by atoms with van der Waals surface area (Å²) >= 11 is 0. The van der Waals surface area contributed by atoms with Crippen molar-refractivity contribution in [3.8, 4) is 0 Å². The second-order valence-electron chi connectivity index (χ2n) is 2.79. The Balaban J connectivity index is 2.44. The van der Waals surface area contributed by atoms with Gasteiger partial charge in [-0.05, 0) is 6.42 Å². The van der Waals surface area contributed by atoms with Crippen molar-refractivity contribution in [1.29, 1.82) is 0 Å². The molecule has 1 aromatic heterocycles. The van der Waals surface area contributed by atoms with Crippen LogP contribution in [0, 0.1) is 0 Å². The van der Waals surface area contributed by atoms with Crippen LogP contribution in [0.2, 0.25) is 0 Å². The first-order valence-corrected chi connectivity index (χ1v) is 4.27. The molecule has 1 aromatic rings. The smallest absolute Gasteiger partial charge is 0.350 e. The minimum atomic E-state index is -0.872. The number of H-pyrrole nitrogens is 1. The van der Waals surface area contributed by atoms with E-state index >= 15 is 0 Å². The van der Waals surface area contributed by atoms with E-state index in [4.69, 9.17) is 10.8 Å². The molecule has 15 heavy (non-hydrogen) atoms. The summed E-state index contributed by atoms with van der Waals surface area (Å²) in [5, 5.41) is 11.1. The Morgan fingerprint density at radius 1 is 1.53 bits per heavy atom. The van der Waals surface area contributed by atoms with Crippen molar-refractivity contribution in [3.05, 3.63) is 10.5 Å². The summed E-state index contributed by atoms with van der Waals surface area (Å²) in [6.07, 6.45) is 0.469. The molecule has 0 saturated carbocycles. The zero-order valence-electron chi connectivity index (χ0n) is 7.86. The standard InChI is InChI=1S/C7H11N5O3/c8-5-10-6(12-7(15)11-5)9-3-1-2-4(13)14/h1-3H2,(H,13,14)(H4,8,9,10,11,12,15). The Hall–Kier alpha value is -2.12. The highest BCUT2D eigenvalue weighted by Gasteiger charge is 2.00. The molecule has 0 atom stereocenters. The van der Waals surface area contributed by atoms with Crippen molar-refractivity contribution in [3.63, 3.8) is 0 Å². The first kappa shape index (κ1) is 11.0. The van der Waals surface area contributed by atoms with E-state index < -0.39 is 11.7 Å². The molecule has 82 valence electrons. The molecule has 0 fully saturated rings. The molecular formula is C7H11N5O3. The topological polar surface area (TPSA) is 134 Å². The van der Waals surface area contributed by atoms with Crippen molar-refractivity contribution in [2.75, 3.05) is 17.6 Å². The number of nitrogens with zero attached hydrogens (tertiary/aromatic N) is 2. The largest absolute Gasteiger partial charge is 0.481 e. The lowest BCUT2D eigenvalue weighted by molar-refractivity contribution is -0.137. The number of anilines is 2. The highest BCUT2D eigenvalue weighted by atomic mass is 16.4. The van der Waals surface area contributed by atoms with Gasteiger partial charge < -0.3 is 16.2 Å². The van der Waals surface area contributed by atoms with Gasteiger partial charge in [0.15, 0.2) is 0 Å². The van der Waals surface area contributed by atoms with Crippen molar-refractivity contribution >= 4 is 17.9 Å². The average molecular weight is 213 g/mol. The molecule has 0 radical (unpaired) electrons. The van der Waals surface area contributed by atoms with Gasteiger partial charge in [-0.3, -0.25) is 9.78 Å². The lowest BCUT2D eigenvalue weighted by Crippen LogP contribution is -2.18. The van der Waals surface area contributed by atoms with Crippen LogP contribution < -0.4 is 16.7 Å². The maximum Gasteiger partial charge on any atom is 0.350 e. The maximum absolute atomic E-state index is 10.8. The van der Waals surface area contributed by atoms with Gasteiger partial charge in [0.2, 0.25) is 11.9 Å². The van der Waals surface area contributed by atoms with Gasteiger partial charge >= 0.3 is 11.7 Å². The van der Waals surface area contributed by atoms with Gasteiger partial charge in [0.25, 0.3) is 0 Å². The second kappa shape index (κ2) is 4.94. The number of aliphatic carboxylic acids is 1. The second-order valence-corrected chi connectivity index (χ2v) is 2.79. The molecule has 5 N–H and O–H groups in total. The fourth-order valence-corrected chi connectivity index (χ4v) is 0.920. The average Bonchev–Trinajstić information content (AvgIpc) is 2.10. The molecule has 0 unspecified atom stereocenters. The minimum Gasteiger partial charge on any atom is -0.481 e. The van der Waals surface area contributed by atoms with Crippen molar-refractivity contribution in [2.45, 2.75) is 12.8 Å². The van der Waals surface area contributed by atoms with Gasteiger partial charge in [-0.15, -0.1) is 0 Å². The van der Waals surface area contributed by atoms with E-state index in [0.29, 0.717) is 13.0 Å². The van der Waals surface area contributed by atoms with Gasteiger partial charge in [0.05, 0.1) is 0 Å². The number of hydrogen-bond acceptors (Lipinski definition) is 6. The van der Waals surface area contributed by atoms with Crippen molar-refractivity contribution < 1.29 is 9.90 Å². The van der Waals surface area contributed by atoms with E-state index in [9.17, 15) is 9.59 Å². The summed E-state index contributed by atoms with van der Waals surface area (Å²) < 4.78 is 0. The molecule has 0 aromatic carbocycles. The third-order valence-electron chi connectivity index (χ3n) is 1.52. The van der Waals surface area contributed by atoms with Crippen LogP contribution in [-0.4, -0.2) is 32.6 Å². The number of carbonyl (C=O) groups is 1. The highest BCUT2D eigenvalue weighted by molar-refractivity contribution is 5.66. The number of nitrogens with two attached hydrogens (primary N) is 1. The summed E-state index contributed by atoms with van der Waals surface area (Å²) in [6.45, 7) is 0.370. The molecule has 8 nitrogen and oxygen atoms in total. The SMILES string of the molecule is Nc1nc(NCCCC(=O)O)nc(=O)[nH]1. The fraction of sp³-hybridized carbons (Fsp3) is 0.429. The minimum absolute atomic E-state index is 0.0317. The Bertz CT molecular complexity index is 402. The first-order valence-electron chi connectivity index (χ1n) is 4.27. The number of nitrogens with one attached hydrogen (secondary N) is 2. The first-order chi connectivity index (χ1) is 7.08. The van der Waals surface area contributed by atoms with Crippen LogP contribution in [0.5, 0.6) is 0 Å².